The van der Waals surface area contributed by atoms with Crippen LogP contribution in [0, 0.1) is 0 Å². The molecule has 136 valence electrons. The first-order valence-electron chi connectivity index (χ1n) is 7.82. The number of likely N-dealkylation sites (N-methyl/N-ethyl adjacent to an activating group) is 1. The molecule has 1 rings (SSSR count). The fourth-order valence-electron chi connectivity index (χ4n) is 2.16. The SMILES string of the molecule is CN(CC(=O)NC(CCCN=C(N)N)B(O)O)C(=O)c1ccccc1. The average molecular weight is 349 g/mol. The van der Waals surface area contributed by atoms with E-state index in [1.165, 1.54) is 11.9 Å². The predicted molar refractivity (Wildman–Crippen MR) is 95.4 cm³/mol. The van der Waals surface area contributed by atoms with Crippen molar-refractivity contribution in [1.82, 2.24) is 10.2 Å². The van der Waals surface area contributed by atoms with Gasteiger partial charge < -0.3 is 31.7 Å². The Bertz CT molecular complexity index is 593. The van der Waals surface area contributed by atoms with Gasteiger partial charge >= 0.3 is 7.12 Å². The zero-order valence-corrected chi connectivity index (χ0v) is 14.1. The number of benzene rings is 1. The van der Waals surface area contributed by atoms with E-state index in [0.717, 1.165) is 0 Å². The van der Waals surface area contributed by atoms with E-state index < -0.39 is 19.0 Å². The molecular formula is C15H24BN5O4. The number of nitrogens with two attached hydrogens (primary N) is 2. The number of guanidine groups is 1. The first kappa shape index (κ1) is 20.5. The van der Waals surface area contributed by atoms with Crippen molar-refractivity contribution in [1.29, 1.82) is 0 Å². The van der Waals surface area contributed by atoms with Crippen LogP contribution in [0.3, 0.4) is 0 Å². The van der Waals surface area contributed by atoms with Crippen LogP contribution in [0.25, 0.3) is 0 Å². The fourth-order valence-corrected chi connectivity index (χ4v) is 2.16. The van der Waals surface area contributed by atoms with Gasteiger partial charge in [-0.3, -0.25) is 14.6 Å². The summed E-state index contributed by atoms with van der Waals surface area (Å²) in [5.41, 5.74) is 10.9. The molecule has 0 aliphatic carbocycles. The second-order valence-electron chi connectivity index (χ2n) is 5.56. The molecule has 0 aliphatic rings. The van der Waals surface area contributed by atoms with Crippen molar-refractivity contribution in [2.24, 2.45) is 16.5 Å². The van der Waals surface area contributed by atoms with Crippen molar-refractivity contribution in [2.45, 2.75) is 18.8 Å². The van der Waals surface area contributed by atoms with Gasteiger partial charge in [0.25, 0.3) is 5.91 Å². The summed E-state index contributed by atoms with van der Waals surface area (Å²) >= 11 is 0. The van der Waals surface area contributed by atoms with Gasteiger partial charge in [-0.25, -0.2) is 0 Å². The van der Waals surface area contributed by atoms with E-state index in [0.29, 0.717) is 18.5 Å². The highest BCUT2D eigenvalue weighted by Crippen LogP contribution is 2.04. The van der Waals surface area contributed by atoms with Crippen LogP contribution in [-0.2, 0) is 4.79 Å². The second kappa shape index (κ2) is 10.3. The third-order valence-corrected chi connectivity index (χ3v) is 3.42. The first-order chi connectivity index (χ1) is 11.8. The van der Waals surface area contributed by atoms with Gasteiger partial charge in [-0.2, -0.15) is 0 Å². The van der Waals surface area contributed by atoms with Crippen molar-refractivity contribution in [2.75, 3.05) is 20.1 Å². The largest absolute Gasteiger partial charge is 0.475 e. The number of amides is 2. The topological polar surface area (TPSA) is 154 Å². The normalized spacial score (nSPS) is 11.3. The molecule has 1 aromatic carbocycles. The molecule has 1 aromatic rings. The lowest BCUT2D eigenvalue weighted by Crippen LogP contribution is -2.49. The average Bonchev–Trinajstić information content (AvgIpc) is 2.57. The van der Waals surface area contributed by atoms with Crippen LogP contribution in [0.5, 0.6) is 0 Å². The maximum absolute atomic E-state index is 12.2. The minimum Gasteiger partial charge on any atom is -0.426 e. The number of carbonyl (C=O) groups excluding carboxylic acids is 2. The van der Waals surface area contributed by atoms with Crippen LogP contribution in [0.1, 0.15) is 23.2 Å². The van der Waals surface area contributed by atoms with Crippen LogP contribution >= 0.6 is 0 Å². The third-order valence-electron chi connectivity index (χ3n) is 3.42. The molecule has 0 saturated heterocycles. The Balaban J connectivity index is 2.51. The summed E-state index contributed by atoms with van der Waals surface area (Å²) in [5, 5.41) is 21.2. The molecule has 0 bridgehead atoms. The molecule has 0 radical (unpaired) electrons. The quantitative estimate of drug-likeness (QED) is 0.155. The molecule has 0 aliphatic heterocycles. The van der Waals surface area contributed by atoms with Crippen LogP contribution in [-0.4, -0.2) is 65.9 Å². The number of nitrogens with one attached hydrogen (secondary N) is 1. The van der Waals surface area contributed by atoms with E-state index in [1.807, 2.05) is 0 Å². The molecule has 9 nitrogen and oxygen atoms in total. The smallest absolute Gasteiger partial charge is 0.426 e. The Morgan fingerprint density at radius 2 is 1.92 bits per heavy atom. The summed E-state index contributed by atoms with van der Waals surface area (Å²) in [6, 6.07) is 8.56. The molecule has 25 heavy (non-hydrogen) atoms. The van der Waals surface area contributed by atoms with Crippen molar-refractivity contribution in [3.8, 4) is 0 Å². The summed E-state index contributed by atoms with van der Waals surface area (Å²) in [5.74, 6) is -1.72. The number of rotatable bonds is 9. The number of hydrogen-bond acceptors (Lipinski definition) is 5. The zero-order valence-electron chi connectivity index (χ0n) is 14.1. The summed E-state index contributed by atoms with van der Waals surface area (Å²) in [4.78, 5) is 29.3. The molecule has 10 heteroatoms. The van der Waals surface area contributed by atoms with Gasteiger partial charge in [0.15, 0.2) is 5.96 Å². The third kappa shape index (κ3) is 7.68. The lowest BCUT2D eigenvalue weighted by molar-refractivity contribution is -0.122. The Morgan fingerprint density at radius 3 is 2.48 bits per heavy atom. The van der Waals surface area contributed by atoms with Crippen molar-refractivity contribution in [3.05, 3.63) is 35.9 Å². The Hall–Kier alpha value is -2.59. The zero-order chi connectivity index (χ0) is 18.8. The Labute approximate surface area is 146 Å². The molecule has 1 atom stereocenters. The van der Waals surface area contributed by atoms with Gasteiger partial charge in [0.05, 0.1) is 12.5 Å². The fraction of sp³-hybridized carbons (Fsp3) is 0.400. The predicted octanol–water partition coefficient (Wildman–Crippen LogP) is -1.69. The lowest BCUT2D eigenvalue weighted by Gasteiger charge is -2.21. The van der Waals surface area contributed by atoms with Gasteiger partial charge in [-0.1, -0.05) is 18.2 Å². The Morgan fingerprint density at radius 1 is 1.28 bits per heavy atom. The highest BCUT2D eigenvalue weighted by Gasteiger charge is 2.25. The van der Waals surface area contributed by atoms with Crippen LogP contribution in [0.15, 0.2) is 35.3 Å². The maximum Gasteiger partial charge on any atom is 0.475 e. The van der Waals surface area contributed by atoms with Gasteiger partial charge in [0, 0.05) is 19.2 Å². The molecular weight excluding hydrogens is 325 g/mol. The minimum atomic E-state index is -1.72. The molecule has 0 fully saturated rings. The maximum atomic E-state index is 12.2. The molecule has 0 aromatic heterocycles. The number of aliphatic imine (C=N–C) groups is 1. The highest BCUT2D eigenvalue weighted by atomic mass is 16.4. The summed E-state index contributed by atoms with van der Waals surface area (Å²) in [6.07, 6.45) is 0.732. The van der Waals surface area contributed by atoms with E-state index in [4.69, 9.17) is 11.5 Å². The summed E-state index contributed by atoms with van der Waals surface area (Å²) < 4.78 is 0. The van der Waals surface area contributed by atoms with E-state index in [9.17, 15) is 19.6 Å². The summed E-state index contributed by atoms with van der Waals surface area (Å²) in [7, 11) is -0.226. The van der Waals surface area contributed by atoms with Gasteiger partial charge in [0.2, 0.25) is 5.91 Å². The van der Waals surface area contributed by atoms with Crippen LogP contribution in [0.2, 0.25) is 0 Å². The first-order valence-corrected chi connectivity index (χ1v) is 7.82. The molecule has 1 unspecified atom stereocenters. The summed E-state index contributed by atoms with van der Waals surface area (Å²) in [6.45, 7) is 0.110. The van der Waals surface area contributed by atoms with E-state index in [1.54, 1.807) is 30.3 Å². The van der Waals surface area contributed by atoms with Crippen molar-refractivity contribution >= 4 is 24.9 Å². The molecule has 2 amide bonds. The minimum absolute atomic E-state index is 0.0498. The van der Waals surface area contributed by atoms with E-state index in [-0.39, 0.29) is 24.8 Å². The van der Waals surface area contributed by atoms with Gasteiger partial charge in [0.1, 0.15) is 0 Å². The van der Waals surface area contributed by atoms with Gasteiger partial charge in [-0.05, 0) is 25.0 Å². The second-order valence-corrected chi connectivity index (χ2v) is 5.56. The van der Waals surface area contributed by atoms with Crippen LogP contribution < -0.4 is 16.8 Å². The molecule has 0 heterocycles. The number of hydrogen-bond donors (Lipinski definition) is 5. The number of nitrogens with zero attached hydrogens (tertiary/aromatic N) is 2. The Kier molecular flexibility index (Phi) is 8.44. The van der Waals surface area contributed by atoms with Gasteiger partial charge in [-0.15, -0.1) is 0 Å². The van der Waals surface area contributed by atoms with E-state index in [2.05, 4.69) is 10.3 Å². The molecule has 0 spiro atoms. The highest BCUT2D eigenvalue weighted by molar-refractivity contribution is 6.43. The standard InChI is InChI=1S/C15H24BN5O4/c1-21(14(23)11-6-3-2-4-7-11)10-13(22)20-12(16(24)25)8-5-9-19-15(17)18/h2-4,6-7,12,24-25H,5,8-10H2,1H3,(H,20,22)(H4,17,18,19). The van der Waals surface area contributed by atoms with Crippen molar-refractivity contribution < 1.29 is 19.6 Å². The van der Waals surface area contributed by atoms with Crippen LogP contribution in [0.4, 0.5) is 0 Å². The lowest BCUT2D eigenvalue weighted by atomic mass is 9.76. The van der Waals surface area contributed by atoms with E-state index >= 15 is 0 Å². The monoisotopic (exact) mass is 349 g/mol. The molecule has 0 saturated carbocycles. The molecule has 7 N–H and O–H groups in total. The number of carbonyl (C=O) groups is 2. The van der Waals surface area contributed by atoms with Crippen molar-refractivity contribution in [3.63, 3.8) is 0 Å².